The van der Waals surface area contributed by atoms with Crippen LogP contribution >= 0.6 is 23.2 Å². The summed E-state index contributed by atoms with van der Waals surface area (Å²) in [6.45, 7) is 0.903. The van der Waals surface area contributed by atoms with Crippen LogP contribution in [0.25, 0.3) is 11.3 Å². The summed E-state index contributed by atoms with van der Waals surface area (Å²) in [5.41, 5.74) is -0.0806. The van der Waals surface area contributed by atoms with Crippen molar-refractivity contribution in [2.24, 2.45) is 5.92 Å². The van der Waals surface area contributed by atoms with Gasteiger partial charge in [0.05, 0.1) is 27.0 Å². The number of nitrogens with one attached hydrogen (secondary N) is 3. The number of fused-ring (bicyclic) bond motifs is 1. The van der Waals surface area contributed by atoms with Crippen molar-refractivity contribution in [3.8, 4) is 11.3 Å². The predicted octanol–water partition coefficient (Wildman–Crippen LogP) is 5.18. The molecule has 1 saturated carbocycles. The van der Waals surface area contributed by atoms with E-state index in [4.69, 9.17) is 23.2 Å². The Morgan fingerprint density at radius 2 is 1.89 bits per heavy atom. The topological polar surface area (TPSA) is 61.9 Å². The minimum absolute atomic E-state index is 0.00921. The smallest absolute Gasteiger partial charge is 0.379 e. The Morgan fingerprint density at radius 1 is 1.18 bits per heavy atom. The molecule has 0 bridgehead atoms. The fourth-order valence-corrected chi connectivity index (χ4v) is 3.71. The van der Waals surface area contributed by atoms with E-state index in [1.807, 2.05) is 0 Å². The molecule has 0 amide bonds. The molecule has 0 radical (unpaired) electrons. The summed E-state index contributed by atoms with van der Waals surface area (Å²) >= 11 is 12.0. The van der Waals surface area contributed by atoms with Gasteiger partial charge in [-0.3, -0.25) is 4.98 Å². The first-order chi connectivity index (χ1) is 13.3. The van der Waals surface area contributed by atoms with Crippen LogP contribution in [-0.2, 0) is 0 Å². The summed E-state index contributed by atoms with van der Waals surface area (Å²) in [7, 11) is 0. The summed E-state index contributed by atoms with van der Waals surface area (Å²) in [5, 5.41) is 8.64. The first-order valence-corrected chi connectivity index (χ1v) is 9.37. The number of hydrogen-bond acceptors (Lipinski definition) is 5. The molecule has 11 heteroatoms. The second-order valence-corrected chi connectivity index (χ2v) is 7.56. The number of anilines is 3. The Kier molecular flexibility index (Phi) is 4.91. The summed E-state index contributed by atoms with van der Waals surface area (Å²) < 4.78 is 55.8. The quantitative estimate of drug-likeness (QED) is 0.456. The number of pyridine rings is 2. The zero-order valence-corrected chi connectivity index (χ0v) is 15.8. The van der Waals surface area contributed by atoms with Gasteiger partial charge in [0.25, 0.3) is 0 Å². The van der Waals surface area contributed by atoms with Crippen molar-refractivity contribution in [2.45, 2.75) is 25.1 Å². The number of nitrogens with zero attached hydrogens (tertiary/aromatic N) is 2. The van der Waals surface area contributed by atoms with Gasteiger partial charge in [-0.05, 0) is 24.8 Å². The lowest BCUT2D eigenvalue weighted by Gasteiger charge is -2.29. The molecule has 0 saturated heterocycles. The number of halogens is 6. The van der Waals surface area contributed by atoms with Gasteiger partial charge in [0.1, 0.15) is 11.7 Å². The van der Waals surface area contributed by atoms with Gasteiger partial charge in [-0.15, -0.1) is 0 Å². The van der Waals surface area contributed by atoms with Gasteiger partial charge >= 0.3 is 6.18 Å². The van der Waals surface area contributed by atoms with E-state index in [1.54, 1.807) is 0 Å². The van der Waals surface area contributed by atoms with Crippen LogP contribution < -0.4 is 16.0 Å². The lowest BCUT2D eigenvalue weighted by molar-refractivity contribution is -0.146. The van der Waals surface area contributed by atoms with Crippen LogP contribution in [0, 0.1) is 11.9 Å². The molecule has 1 aliphatic heterocycles. The third kappa shape index (κ3) is 3.65. The molecule has 5 nitrogen and oxygen atoms in total. The third-order valence-electron chi connectivity index (χ3n) is 4.66. The van der Waals surface area contributed by atoms with Crippen LogP contribution in [0.2, 0.25) is 10.0 Å². The van der Waals surface area contributed by atoms with Gasteiger partial charge in [0, 0.05) is 19.3 Å². The molecule has 0 aromatic carbocycles. The van der Waals surface area contributed by atoms with Gasteiger partial charge in [-0.25, -0.2) is 0 Å². The Bertz CT molecular complexity index is 917. The maximum atomic E-state index is 14.9. The van der Waals surface area contributed by atoms with Gasteiger partial charge < -0.3 is 16.0 Å². The lowest BCUT2D eigenvalue weighted by Crippen LogP contribution is -2.39. The van der Waals surface area contributed by atoms with Crippen LogP contribution in [0.4, 0.5) is 34.8 Å². The monoisotopic (exact) mass is 435 g/mol. The molecule has 1 unspecified atom stereocenters. The van der Waals surface area contributed by atoms with E-state index < -0.39 is 24.1 Å². The van der Waals surface area contributed by atoms with Crippen molar-refractivity contribution < 1.29 is 17.6 Å². The van der Waals surface area contributed by atoms with Crippen molar-refractivity contribution in [1.29, 1.82) is 0 Å². The molecule has 3 N–H and O–H groups in total. The molecule has 2 aliphatic rings. The standard InChI is InChI=1S/C17H15Cl2F4N5/c18-8-5-9(19)11(26-6-8)10-12(27-14(7-1-2-7)17(21,22)23)13-16(28-15(10)20)25-4-3-24-13/h5-7,14,24H,1-4H2,(H2,25,27,28). The highest BCUT2D eigenvalue weighted by Crippen LogP contribution is 2.47. The highest BCUT2D eigenvalue weighted by molar-refractivity contribution is 6.36. The highest BCUT2D eigenvalue weighted by atomic mass is 35.5. The first-order valence-electron chi connectivity index (χ1n) is 8.61. The van der Waals surface area contributed by atoms with Crippen molar-refractivity contribution in [3.05, 3.63) is 28.3 Å². The second kappa shape index (κ2) is 7.11. The minimum Gasteiger partial charge on any atom is -0.379 e. The van der Waals surface area contributed by atoms with Gasteiger partial charge in [-0.1, -0.05) is 23.2 Å². The predicted molar refractivity (Wildman–Crippen MR) is 101 cm³/mol. The van der Waals surface area contributed by atoms with Crippen molar-refractivity contribution in [2.75, 3.05) is 29.0 Å². The van der Waals surface area contributed by atoms with E-state index in [9.17, 15) is 17.6 Å². The number of aromatic nitrogens is 2. The SMILES string of the molecule is Fc1nc2c(c(NC(C3CC3)C(F)(F)F)c1-c1ncc(Cl)cc1Cl)NCCN2. The molecule has 2 aromatic rings. The van der Waals surface area contributed by atoms with Crippen LogP contribution in [0.1, 0.15) is 12.8 Å². The van der Waals surface area contributed by atoms with Crippen molar-refractivity contribution in [3.63, 3.8) is 0 Å². The van der Waals surface area contributed by atoms with Crippen LogP contribution in [-0.4, -0.2) is 35.3 Å². The van der Waals surface area contributed by atoms with Crippen molar-refractivity contribution >= 4 is 40.4 Å². The van der Waals surface area contributed by atoms with Gasteiger partial charge in [0.15, 0.2) is 5.82 Å². The van der Waals surface area contributed by atoms with Crippen LogP contribution in [0.3, 0.4) is 0 Å². The molecule has 28 heavy (non-hydrogen) atoms. The second-order valence-electron chi connectivity index (χ2n) is 6.71. The molecule has 3 heterocycles. The van der Waals surface area contributed by atoms with E-state index in [2.05, 4.69) is 25.9 Å². The number of hydrogen-bond donors (Lipinski definition) is 3. The molecule has 1 aliphatic carbocycles. The van der Waals surface area contributed by atoms with E-state index >= 15 is 0 Å². The molecule has 1 atom stereocenters. The molecular formula is C17H15Cl2F4N5. The van der Waals surface area contributed by atoms with Gasteiger partial charge in [0.2, 0.25) is 5.95 Å². The van der Waals surface area contributed by atoms with Crippen LogP contribution in [0.5, 0.6) is 0 Å². The molecular weight excluding hydrogens is 421 g/mol. The normalized spacial score (nSPS) is 17.4. The Hall–Kier alpha value is -2.00. The number of alkyl halides is 3. The molecule has 150 valence electrons. The van der Waals surface area contributed by atoms with Crippen molar-refractivity contribution in [1.82, 2.24) is 9.97 Å². The van der Waals surface area contributed by atoms with Gasteiger partial charge in [-0.2, -0.15) is 22.5 Å². The first kappa shape index (κ1) is 19.3. The minimum atomic E-state index is -4.50. The summed E-state index contributed by atoms with van der Waals surface area (Å²) in [4.78, 5) is 7.89. The largest absolute Gasteiger partial charge is 0.408 e. The highest BCUT2D eigenvalue weighted by Gasteiger charge is 2.49. The van der Waals surface area contributed by atoms with E-state index in [0.29, 0.717) is 25.9 Å². The maximum Gasteiger partial charge on any atom is 0.408 e. The summed E-state index contributed by atoms with van der Waals surface area (Å²) in [5.74, 6) is -1.41. The number of rotatable bonds is 4. The fraction of sp³-hybridized carbons (Fsp3) is 0.412. The Labute approximate surface area is 167 Å². The molecule has 0 spiro atoms. The van der Waals surface area contributed by atoms with E-state index in [-0.39, 0.29) is 38.5 Å². The average Bonchev–Trinajstić information content (AvgIpc) is 3.44. The zero-order chi connectivity index (χ0) is 20.1. The third-order valence-corrected chi connectivity index (χ3v) is 5.16. The van der Waals surface area contributed by atoms with Crippen LogP contribution in [0.15, 0.2) is 12.3 Å². The molecule has 1 fully saturated rings. The Morgan fingerprint density at radius 3 is 2.54 bits per heavy atom. The molecule has 4 rings (SSSR count). The zero-order valence-electron chi connectivity index (χ0n) is 14.3. The Balaban J connectivity index is 1.90. The van der Waals surface area contributed by atoms with E-state index in [1.165, 1.54) is 12.3 Å². The molecule has 2 aromatic heterocycles. The average molecular weight is 436 g/mol. The summed E-state index contributed by atoms with van der Waals surface area (Å²) in [6.07, 6.45) is -2.34. The van der Waals surface area contributed by atoms with E-state index in [0.717, 1.165) is 0 Å². The summed E-state index contributed by atoms with van der Waals surface area (Å²) in [6, 6.07) is -0.464. The fourth-order valence-electron chi connectivity index (χ4n) is 3.24. The lowest BCUT2D eigenvalue weighted by atomic mass is 10.1. The maximum absolute atomic E-state index is 14.9.